The topological polar surface area (TPSA) is 128 Å². The van der Waals surface area contributed by atoms with Gasteiger partial charge in [-0.25, -0.2) is 4.79 Å². The Labute approximate surface area is 144 Å². The van der Waals surface area contributed by atoms with Crippen molar-refractivity contribution in [3.63, 3.8) is 0 Å². The molecule has 25 heavy (non-hydrogen) atoms. The third-order valence-electron chi connectivity index (χ3n) is 3.65. The van der Waals surface area contributed by atoms with Crippen LogP contribution in [0.3, 0.4) is 0 Å². The fourth-order valence-electron chi connectivity index (χ4n) is 2.46. The van der Waals surface area contributed by atoms with Crippen LogP contribution >= 0.6 is 0 Å². The maximum absolute atomic E-state index is 12.4. The fraction of sp³-hybridized carbons (Fsp3) is 0.533. The number of nitrogens with zero attached hydrogens (tertiary/aromatic N) is 3. The first-order chi connectivity index (χ1) is 11.8. The molecule has 1 aliphatic heterocycles. The molecule has 1 aromatic rings. The summed E-state index contributed by atoms with van der Waals surface area (Å²) in [6.45, 7) is 3.38. The summed E-state index contributed by atoms with van der Waals surface area (Å²) in [5, 5.41) is 11.6. The van der Waals surface area contributed by atoms with Gasteiger partial charge >= 0.3 is 6.03 Å². The van der Waals surface area contributed by atoms with Gasteiger partial charge in [0, 0.05) is 13.1 Å². The van der Waals surface area contributed by atoms with Crippen LogP contribution in [0.5, 0.6) is 0 Å². The summed E-state index contributed by atoms with van der Waals surface area (Å²) in [7, 11) is 1.48. The minimum Gasteiger partial charge on any atom is -0.343 e. The number of rotatable bonds is 7. The number of likely N-dealkylation sites (N-methyl/N-ethyl adjacent to an activating group) is 1. The third-order valence-corrected chi connectivity index (χ3v) is 3.65. The quantitative estimate of drug-likeness (QED) is 0.586. The Morgan fingerprint density at radius 2 is 2.08 bits per heavy atom. The Morgan fingerprint density at radius 3 is 2.60 bits per heavy atom. The van der Waals surface area contributed by atoms with Crippen LogP contribution in [0, 0.1) is 5.92 Å². The summed E-state index contributed by atoms with van der Waals surface area (Å²) < 4.78 is 0. The van der Waals surface area contributed by atoms with Gasteiger partial charge in [-0.1, -0.05) is 13.8 Å². The second-order valence-electron chi connectivity index (χ2n) is 6.33. The van der Waals surface area contributed by atoms with Gasteiger partial charge in [0.2, 0.25) is 11.8 Å². The molecule has 5 amide bonds. The highest BCUT2D eigenvalue weighted by Crippen LogP contribution is 2.10. The van der Waals surface area contributed by atoms with Gasteiger partial charge in [0.25, 0.3) is 5.91 Å². The SMILES string of the molecule is CC(C)CC(NC(=O)CN1C(=O)CN(C)C1=O)C(=O)Nc1ccn[nH]1. The minimum atomic E-state index is -0.790. The molecule has 1 fully saturated rings. The molecule has 3 N–H and O–H groups in total. The van der Waals surface area contributed by atoms with Crippen molar-refractivity contribution in [2.24, 2.45) is 5.92 Å². The van der Waals surface area contributed by atoms with Gasteiger partial charge in [0.15, 0.2) is 0 Å². The van der Waals surface area contributed by atoms with Crippen molar-refractivity contribution < 1.29 is 19.2 Å². The molecule has 10 nitrogen and oxygen atoms in total. The average Bonchev–Trinajstić information content (AvgIpc) is 3.10. The van der Waals surface area contributed by atoms with Crippen molar-refractivity contribution in [2.45, 2.75) is 26.3 Å². The molecule has 2 rings (SSSR count). The molecule has 136 valence electrons. The number of urea groups is 1. The first kappa shape index (κ1) is 18.4. The molecule has 1 aromatic heterocycles. The number of aromatic amines is 1. The van der Waals surface area contributed by atoms with E-state index in [4.69, 9.17) is 0 Å². The van der Waals surface area contributed by atoms with E-state index in [-0.39, 0.29) is 12.5 Å². The van der Waals surface area contributed by atoms with Crippen molar-refractivity contribution in [1.29, 1.82) is 0 Å². The second-order valence-corrected chi connectivity index (χ2v) is 6.33. The molecule has 1 unspecified atom stereocenters. The van der Waals surface area contributed by atoms with Crippen LogP contribution in [0.1, 0.15) is 20.3 Å². The molecular formula is C15H22N6O4. The Bertz CT molecular complexity index is 657. The van der Waals surface area contributed by atoms with Gasteiger partial charge in [0.1, 0.15) is 24.9 Å². The number of hydrogen-bond donors (Lipinski definition) is 3. The predicted octanol–water partition coefficient (Wildman–Crippen LogP) is -0.227. The van der Waals surface area contributed by atoms with Gasteiger partial charge < -0.3 is 15.5 Å². The molecule has 0 saturated carbocycles. The van der Waals surface area contributed by atoms with E-state index in [9.17, 15) is 19.2 Å². The van der Waals surface area contributed by atoms with E-state index >= 15 is 0 Å². The number of aromatic nitrogens is 2. The molecule has 1 saturated heterocycles. The number of hydrogen-bond acceptors (Lipinski definition) is 5. The van der Waals surface area contributed by atoms with Crippen LogP contribution in [0.4, 0.5) is 10.6 Å². The molecule has 0 spiro atoms. The number of amides is 5. The summed E-state index contributed by atoms with van der Waals surface area (Å²) in [5.41, 5.74) is 0. The average molecular weight is 350 g/mol. The molecule has 0 aliphatic carbocycles. The lowest BCUT2D eigenvalue weighted by Gasteiger charge is -2.21. The van der Waals surface area contributed by atoms with Crippen molar-refractivity contribution in [1.82, 2.24) is 25.3 Å². The lowest BCUT2D eigenvalue weighted by Crippen LogP contribution is -2.49. The lowest BCUT2D eigenvalue weighted by atomic mass is 10.0. The summed E-state index contributed by atoms with van der Waals surface area (Å²) >= 11 is 0. The molecule has 0 bridgehead atoms. The Morgan fingerprint density at radius 1 is 1.36 bits per heavy atom. The zero-order valence-electron chi connectivity index (χ0n) is 14.4. The van der Waals surface area contributed by atoms with E-state index in [1.54, 1.807) is 6.07 Å². The highest BCUT2D eigenvalue weighted by Gasteiger charge is 2.35. The molecular weight excluding hydrogens is 328 g/mol. The highest BCUT2D eigenvalue weighted by atomic mass is 16.2. The number of imide groups is 1. The largest absolute Gasteiger partial charge is 0.343 e. The van der Waals surface area contributed by atoms with Gasteiger partial charge in [-0.2, -0.15) is 5.10 Å². The van der Waals surface area contributed by atoms with Crippen molar-refractivity contribution in [2.75, 3.05) is 25.5 Å². The van der Waals surface area contributed by atoms with Crippen LogP contribution in [0.2, 0.25) is 0 Å². The van der Waals surface area contributed by atoms with E-state index in [2.05, 4.69) is 20.8 Å². The lowest BCUT2D eigenvalue weighted by molar-refractivity contribution is -0.132. The Balaban J connectivity index is 1.98. The Kier molecular flexibility index (Phi) is 5.73. The van der Waals surface area contributed by atoms with E-state index in [1.165, 1.54) is 18.1 Å². The molecule has 10 heteroatoms. The number of anilines is 1. The van der Waals surface area contributed by atoms with Gasteiger partial charge in [-0.05, 0) is 12.3 Å². The highest BCUT2D eigenvalue weighted by molar-refractivity contribution is 6.05. The van der Waals surface area contributed by atoms with Gasteiger partial charge in [-0.15, -0.1) is 0 Å². The second kappa shape index (κ2) is 7.77. The fourth-order valence-corrected chi connectivity index (χ4v) is 2.46. The van der Waals surface area contributed by atoms with E-state index in [0.29, 0.717) is 12.2 Å². The first-order valence-corrected chi connectivity index (χ1v) is 7.93. The number of carbonyl (C=O) groups is 4. The van der Waals surface area contributed by atoms with Crippen LogP contribution < -0.4 is 10.6 Å². The van der Waals surface area contributed by atoms with Crippen LogP contribution in [-0.4, -0.2) is 69.9 Å². The summed E-state index contributed by atoms with van der Waals surface area (Å²) in [6, 6.07) is 0.271. The van der Waals surface area contributed by atoms with Crippen LogP contribution in [0.15, 0.2) is 12.3 Å². The summed E-state index contributed by atoms with van der Waals surface area (Å²) in [6.07, 6.45) is 1.90. The zero-order valence-corrected chi connectivity index (χ0v) is 14.4. The maximum atomic E-state index is 12.4. The van der Waals surface area contributed by atoms with Crippen LogP contribution in [-0.2, 0) is 14.4 Å². The normalized spacial score (nSPS) is 15.7. The van der Waals surface area contributed by atoms with E-state index in [1.807, 2.05) is 13.8 Å². The van der Waals surface area contributed by atoms with Gasteiger partial charge in [-0.3, -0.25) is 24.4 Å². The van der Waals surface area contributed by atoms with Crippen molar-refractivity contribution in [3.05, 3.63) is 12.3 Å². The van der Waals surface area contributed by atoms with Crippen molar-refractivity contribution in [3.8, 4) is 0 Å². The zero-order chi connectivity index (χ0) is 18.6. The molecule has 2 heterocycles. The number of carbonyl (C=O) groups excluding carboxylic acids is 4. The van der Waals surface area contributed by atoms with Crippen LogP contribution in [0.25, 0.3) is 0 Å². The standard InChI is InChI=1S/C15H22N6O4/c1-9(2)6-10(14(24)18-11-4-5-16-19-11)17-12(22)7-21-13(23)8-20(3)15(21)25/h4-5,9-10H,6-8H2,1-3H3,(H,17,22)(H2,16,18,19,24). The van der Waals surface area contributed by atoms with E-state index in [0.717, 1.165) is 4.90 Å². The third kappa shape index (κ3) is 4.78. The first-order valence-electron chi connectivity index (χ1n) is 7.93. The molecule has 1 atom stereocenters. The van der Waals surface area contributed by atoms with Crippen molar-refractivity contribution >= 4 is 29.6 Å². The molecule has 0 aromatic carbocycles. The Hall–Kier alpha value is -2.91. The predicted molar refractivity (Wildman–Crippen MR) is 88.3 cm³/mol. The smallest absolute Gasteiger partial charge is 0.327 e. The minimum absolute atomic E-state index is 0.0537. The maximum Gasteiger partial charge on any atom is 0.327 e. The summed E-state index contributed by atoms with van der Waals surface area (Å²) in [4.78, 5) is 50.2. The number of H-pyrrole nitrogens is 1. The molecule has 1 aliphatic rings. The van der Waals surface area contributed by atoms with E-state index < -0.39 is 36.3 Å². The monoisotopic (exact) mass is 350 g/mol. The van der Waals surface area contributed by atoms with Gasteiger partial charge in [0.05, 0.1) is 6.20 Å². The number of nitrogens with one attached hydrogen (secondary N) is 3. The molecule has 0 radical (unpaired) electrons. The summed E-state index contributed by atoms with van der Waals surface area (Å²) in [5.74, 6) is -0.839.